The highest BCUT2D eigenvalue weighted by atomic mass is 32.2. The van der Waals surface area contributed by atoms with Crippen molar-refractivity contribution in [3.63, 3.8) is 0 Å². The van der Waals surface area contributed by atoms with Crippen LogP contribution in [0.4, 0.5) is 0 Å². The number of nitrogens with one attached hydrogen (secondary N) is 1. The largest absolute Gasteiger partial charge is 0.475 e. The Kier molecular flexibility index (Phi) is 4.77. The topological polar surface area (TPSA) is 85.4 Å². The van der Waals surface area contributed by atoms with Crippen LogP contribution in [0.3, 0.4) is 0 Å². The summed E-state index contributed by atoms with van der Waals surface area (Å²) in [5, 5.41) is 0. The van der Waals surface area contributed by atoms with Crippen molar-refractivity contribution in [2.75, 3.05) is 0 Å². The second-order valence-corrected chi connectivity index (χ2v) is 6.48. The van der Waals surface area contributed by atoms with Gasteiger partial charge >= 0.3 is 0 Å². The fourth-order valence-corrected chi connectivity index (χ4v) is 2.66. The van der Waals surface area contributed by atoms with Gasteiger partial charge in [0.2, 0.25) is 5.88 Å². The van der Waals surface area contributed by atoms with Crippen molar-refractivity contribution >= 4 is 15.9 Å². The third-order valence-electron chi connectivity index (χ3n) is 2.64. The van der Waals surface area contributed by atoms with E-state index in [1.807, 2.05) is 18.6 Å². The van der Waals surface area contributed by atoms with Crippen LogP contribution in [0.15, 0.2) is 53.6 Å². The average Bonchev–Trinajstić information content (AvgIpc) is 2.48. The molecule has 1 amide bonds. The maximum absolute atomic E-state index is 12.1. The van der Waals surface area contributed by atoms with Crippen LogP contribution in [0.2, 0.25) is 0 Å². The molecule has 0 fully saturated rings. The summed E-state index contributed by atoms with van der Waals surface area (Å²) in [7, 11) is -3.90. The van der Waals surface area contributed by atoms with Crippen LogP contribution in [0.25, 0.3) is 0 Å². The Bertz CT molecular complexity index is 741. The molecule has 0 aliphatic heterocycles. The molecule has 0 bridgehead atoms. The highest BCUT2D eigenvalue weighted by Crippen LogP contribution is 2.11. The molecule has 0 aliphatic rings. The molecule has 1 aromatic heterocycles. The van der Waals surface area contributed by atoms with E-state index in [2.05, 4.69) is 4.98 Å². The second kappa shape index (κ2) is 6.57. The van der Waals surface area contributed by atoms with Gasteiger partial charge in [-0.1, -0.05) is 18.2 Å². The minimum atomic E-state index is -3.90. The molecule has 0 spiro atoms. The zero-order chi connectivity index (χ0) is 16.2. The first-order valence-corrected chi connectivity index (χ1v) is 8.12. The molecule has 22 heavy (non-hydrogen) atoms. The summed E-state index contributed by atoms with van der Waals surface area (Å²) in [4.78, 5) is 16.0. The summed E-state index contributed by atoms with van der Waals surface area (Å²) in [6.07, 6.45) is 1.23. The van der Waals surface area contributed by atoms with Crippen molar-refractivity contribution in [2.45, 2.75) is 24.8 Å². The van der Waals surface area contributed by atoms with E-state index in [0.29, 0.717) is 5.88 Å². The number of hydrogen-bond donors (Lipinski definition) is 1. The van der Waals surface area contributed by atoms with Crippen LogP contribution in [-0.4, -0.2) is 25.4 Å². The highest BCUT2D eigenvalue weighted by Gasteiger charge is 2.18. The van der Waals surface area contributed by atoms with Gasteiger partial charge < -0.3 is 4.74 Å². The lowest BCUT2D eigenvalue weighted by molar-refractivity contribution is 0.0981. The number of rotatable bonds is 5. The standard InChI is InChI=1S/C15H16N2O4S/c1-11(2)21-14-9-8-12(10-16-14)15(18)17-22(19,20)13-6-4-3-5-7-13/h3-11H,1-2H3,(H,17,18). The van der Waals surface area contributed by atoms with Crippen LogP contribution in [0.5, 0.6) is 5.88 Å². The molecule has 0 aliphatic carbocycles. The molecule has 0 unspecified atom stereocenters. The van der Waals surface area contributed by atoms with Crippen molar-refractivity contribution < 1.29 is 17.9 Å². The van der Waals surface area contributed by atoms with E-state index in [0.717, 1.165) is 0 Å². The monoisotopic (exact) mass is 320 g/mol. The zero-order valence-electron chi connectivity index (χ0n) is 12.2. The Labute approximate surface area is 129 Å². The van der Waals surface area contributed by atoms with Gasteiger partial charge in [-0.25, -0.2) is 18.1 Å². The Balaban J connectivity index is 2.12. The van der Waals surface area contributed by atoms with Gasteiger partial charge in [0.05, 0.1) is 16.6 Å². The van der Waals surface area contributed by atoms with E-state index in [1.54, 1.807) is 18.2 Å². The number of sulfonamides is 1. The predicted molar refractivity (Wildman–Crippen MR) is 81.1 cm³/mol. The fraction of sp³-hybridized carbons (Fsp3) is 0.200. The molecule has 7 heteroatoms. The molecule has 116 valence electrons. The van der Waals surface area contributed by atoms with Crippen molar-refractivity contribution in [3.05, 3.63) is 54.2 Å². The van der Waals surface area contributed by atoms with Gasteiger partial charge in [0.15, 0.2) is 0 Å². The van der Waals surface area contributed by atoms with Crippen LogP contribution < -0.4 is 9.46 Å². The lowest BCUT2D eigenvalue weighted by Gasteiger charge is -2.09. The number of amides is 1. The summed E-state index contributed by atoms with van der Waals surface area (Å²) in [5.41, 5.74) is 0.135. The molecule has 0 radical (unpaired) electrons. The Hall–Kier alpha value is -2.41. The Morgan fingerprint density at radius 2 is 1.82 bits per heavy atom. The first-order valence-electron chi connectivity index (χ1n) is 6.63. The minimum absolute atomic E-state index is 0.0241. The number of aromatic nitrogens is 1. The van der Waals surface area contributed by atoms with E-state index in [4.69, 9.17) is 4.74 Å². The Morgan fingerprint density at radius 1 is 1.14 bits per heavy atom. The lowest BCUT2D eigenvalue weighted by atomic mass is 10.3. The first kappa shape index (κ1) is 16.0. The molecule has 1 N–H and O–H groups in total. The average molecular weight is 320 g/mol. The third kappa shape index (κ3) is 4.05. The molecule has 0 atom stereocenters. The second-order valence-electron chi connectivity index (χ2n) is 4.80. The van der Waals surface area contributed by atoms with Gasteiger partial charge in [0.1, 0.15) is 0 Å². The Morgan fingerprint density at radius 3 is 2.36 bits per heavy atom. The zero-order valence-corrected chi connectivity index (χ0v) is 13.0. The third-order valence-corrected chi connectivity index (χ3v) is 3.98. The summed E-state index contributed by atoms with van der Waals surface area (Å²) in [6.45, 7) is 3.71. The van der Waals surface area contributed by atoms with Crippen LogP contribution in [0, 0.1) is 0 Å². The predicted octanol–water partition coefficient (Wildman–Crippen LogP) is 1.99. The molecular formula is C15H16N2O4S. The minimum Gasteiger partial charge on any atom is -0.475 e. The van der Waals surface area contributed by atoms with E-state index in [1.165, 1.54) is 30.5 Å². The molecule has 1 aromatic carbocycles. The van der Waals surface area contributed by atoms with Gasteiger partial charge in [0.25, 0.3) is 15.9 Å². The van der Waals surface area contributed by atoms with Crippen molar-refractivity contribution in [1.82, 2.24) is 9.71 Å². The molecule has 0 saturated heterocycles. The van der Waals surface area contributed by atoms with E-state index in [-0.39, 0.29) is 16.6 Å². The van der Waals surface area contributed by atoms with E-state index >= 15 is 0 Å². The molecular weight excluding hydrogens is 304 g/mol. The molecule has 1 heterocycles. The number of benzene rings is 1. The SMILES string of the molecule is CC(C)Oc1ccc(C(=O)NS(=O)(=O)c2ccccc2)cn1. The number of carbonyl (C=O) groups is 1. The quantitative estimate of drug-likeness (QED) is 0.910. The van der Waals surface area contributed by atoms with Crippen molar-refractivity contribution in [3.8, 4) is 5.88 Å². The molecule has 6 nitrogen and oxygen atoms in total. The smallest absolute Gasteiger partial charge is 0.266 e. The highest BCUT2D eigenvalue weighted by molar-refractivity contribution is 7.90. The van der Waals surface area contributed by atoms with E-state index < -0.39 is 15.9 Å². The lowest BCUT2D eigenvalue weighted by Crippen LogP contribution is -2.30. The summed E-state index contributed by atoms with van der Waals surface area (Å²) in [6, 6.07) is 10.7. The number of nitrogens with zero attached hydrogens (tertiary/aromatic N) is 1. The maximum atomic E-state index is 12.1. The fourth-order valence-electron chi connectivity index (χ4n) is 1.67. The summed E-state index contributed by atoms with van der Waals surface area (Å²) >= 11 is 0. The number of carbonyl (C=O) groups excluding carboxylic acids is 1. The normalized spacial score (nSPS) is 11.2. The molecule has 0 saturated carbocycles. The van der Waals surface area contributed by atoms with E-state index in [9.17, 15) is 13.2 Å². The van der Waals surface area contributed by atoms with Gasteiger partial charge in [0, 0.05) is 12.3 Å². The van der Waals surface area contributed by atoms with Crippen LogP contribution >= 0.6 is 0 Å². The van der Waals surface area contributed by atoms with Crippen LogP contribution in [0.1, 0.15) is 24.2 Å². The van der Waals surface area contributed by atoms with Crippen molar-refractivity contribution in [2.24, 2.45) is 0 Å². The number of pyridine rings is 1. The van der Waals surface area contributed by atoms with Gasteiger partial charge in [-0.15, -0.1) is 0 Å². The van der Waals surface area contributed by atoms with Gasteiger partial charge in [-0.05, 0) is 32.0 Å². The summed E-state index contributed by atoms with van der Waals surface area (Å²) < 4.78 is 31.5. The van der Waals surface area contributed by atoms with Crippen LogP contribution in [-0.2, 0) is 10.0 Å². The number of ether oxygens (including phenoxy) is 1. The summed E-state index contributed by atoms with van der Waals surface area (Å²) in [5.74, 6) is -0.370. The van der Waals surface area contributed by atoms with Crippen molar-refractivity contribution in [1.29, 1.82) is 0 Å². The number of hydrogen-bond acceptors (Lipinski definition) is 5. The first-order chi connectivity index (χ1) is 10.4. The van der Waals surface area contributed by atoms with Gasteiger partial charge in [-0.2, -0.15) is 0 Å². The molecule has 2 rings (SSSR count). The maximum Gasteiger partial charge on any atom is 0.266 e. The van der Waals surface area contributed by atoms with Gasteiger partial charge in [-0.3, -0.25) is 4.79 Å². The molecule has 2 aromatic rings.